The summed E-state index contributed by atoms with van der Waals surface area (Å²) < 4.78 is 14.9. The summed E-state index contributed by atoms with van der Waals surface area (Å²) >= 11 is 0. The molecular formula is C17H23FN4O2. The molecule has 7 heteroatoms. The summed E-state index contributed by atoms with van der Waals surface area (Å²) in [7, 11) is 0. The molecule has 0 aliphatic carbocycles. The van der Waals surface area contributed by atoms with Crippen molar-refractivity contribution < 1.29 is 14.3 Å². The minimum atomic E-state index is -0.873. The van der Waals surface area contributed by atoms with Gasteiger partial charge < -0.3 is 20.3 Å². The zero-order valence-corrected chi connectivity index (χ0v) is 13.9. The number of halogens is 1. The summed E-state index contributed by atoms with van der Waals surface area (Å²) in [6.07, 6.45) is 2.78. The maximum absolute atomic E-state index is 12.8. The molecule has 1 heterocycles. The molecule has 2 aromatic rings. The van der Waals surface area contributed by atoms with Crippen molar-refractivity contribution in [3.05, 3.63) is 53.9 Å². The number of aryl methyl sites for hydroxylation is 1. The lowest BCUT2D eigenvalue weighted by Crippen LogP contribution is -2.40. The SMILES string of the molecule is Cc1nccn1CC(C)CNC(=O)NCC(O)c1ccc(F)cc1. The number of urea groups is 1. The molecule has 0 radical (unpaired) electrons. The van der Waals surface area contributed by atoms with Crippen LogP contribution in [0.5, 0.6) is 0 Å². The number of aromatic nitrogens is 2. The second-order valence-electron chi connectivity index (χ2n) is 5.89. The van der Waals surface area contributed by atoms with E-state index in [1.807, 2.05) is 24.6 Å². The average Bonchev–Trinajstić information content (AvgIpc) is 2.96. The van der Waals surface area contributed by atoms with Gasteiger partial charge in [0, 0.05) is 32.0 Å². The normalized spacial score (nSPS) is 13.3. The van der Waals surface area contributed by atoms with Crippen LogP contribution in [0.15, 0.2) is 36.7 Å². The van der Waals surface area contributed by atoms with E-state index in [-0.39, 0.29) is 24.3 Å². The lowest BCUT2D eigenvalue weighted by Gasteiger charge is -2.16. The standard InChI is InChI=1S/C17H23FN4O2/c1-12(11-22-8-7-19-13(22)2)9-20-17(24)21-10-16(23)14-3-5-15(18)6-4-14/h3-8,12,16,23H,9-11H2,1-2H3,(H2,20,21,24). The first-order valence-corrected chi connectivity index (χ1v) is 7.88. The van der Waals surface area contributed by atoms with Gasteiger partial charge in [-0.1, -0.05) is 19.1 Å². The van der Waals surface area contributed by atoms with Gasteiger partial charge in [-0.15, -0.1) is 0 Å². The van der Waals surface area contributed by atoms with Crippen LogP contribution in [0.3, 0.4) is 0 Å². The van der Waals surface area contributed by atoms with Crippen LogP contribution in [0, 0.1) is 18.7 Å². The zero-order chi connectivity index (χ0) is 17.5. The fourth-order valence-electron chi connectivity index (χ4n) is 2.32. The Morgan fingerprint density at radius 3 is 2.58 bits per heavy atom. The Morgan fingerprint density at radius 1 is 1.29 bits per heavy atom. The number of benzene rings is 1. The third-order valence-electron chi connectivity index (χ3n) is 3.75. The number of amides is 2. The van der Waals surface area contributed by atoms with Crippen molar-refractivity contribution in [2.24, 2.45) is 5.92 Å². The van der Waals surface area contributed by atoms with Crippen LogP contribution in [0.25, 0.3) is 0 Å². The molecule has 0 saturated carbocycles. The third kappa shape index (κ3) is 5.34. The van der Waals surface area contributed by atoms with Gasteiger partial charge in [-0.3, -0.25) is 0 Å². The lowest BCUT2D eigenvalue weighted by molar-refractivity contribution is 0.172. The molecule has 0 fully saturated rings. The number of hydrogen-bond acceptors (Lipinski definition) is 3. The molecule has 3 N–H and O–H groups in total. The fraction of sp³-hybridized carbons (Fsp3) is 0.412. The molecule has 130 valence electrons. The van der Waals surface area contributed by atoms with Crippen molar-refractivity contribution in [2.45, 2.75) is 26.5 Å². The van der Waals surface area contributed by atoms with E-state index < -0.39 is 6.10 Å². The number of rotatable bonds is 7. The maximum Gasteiger partial charge on any atom is 0.314 e. The Morgan fingerprint density at radius 2 is 1.96 bits per heavy atom. The van der Waals surface area contributed by atoms with Gasteiger partial charge in [0.05, 0.1) is 6.10 Å². The van der Waals surface area contributed by atoms with Crippen LogP contribution >= 0.6 is 0 Å². The molecule has 2 unspecified atom stereocenters. The average molecular weight is 334 g/mol. The first-order chi connectivity index (χ1) is 11.5. The highest BCUT2D eigenvalue weighted by Gasteiger charge is 2.11. The second-order valence-corrected chi connectivity index (χ2v) is 5.89. The highest BCUT2D eigenvalue weighted by Crippen LogP contribution is 2.12. The molecule has 0 aliphatic heterocycles. The molecular weight excluding hydrogens is 311 g/mol. The molecule has 0 spiro atoms. The first kappa shape index (κ1) is 17.9. The molecule has 2 rings (SSSR count). The molecule has 0 aliphatic rings. The predicted molar refractivity (Wildman–Crippen MR) is 88.9 cm³/mol. The molecule has 0 saturated heterocycles. The summed E-state index contributed by atoms with van der Waals surface area (Å²) in [6.45, 7) is 5.31. The highest BCUT2D eigenvalue weighted by atomic mass is 19.1. The van der Waals surface area contributed by atoms with Crippen molar-refractivity contribution in [1.29, 1.82) is 0 Å². The highest BCUT2D eigenvalue weighted by molar-refractivity contribution is 5.73. The summed E-state index contributed by atoms with van der Waals surface area (Å²) in [4.78, 5) is 16.0. The minimum absolute atomic E-state index is 0.0620. The Balaban J connectivity index is 1.69. The van der Waals surface area contributed by atoms with Crippen LogP contribution in [0.4, 0.5) is 9.18 Å². The van der Waals surface area contributed by atoms with E-state index >= 15 is 0 Å². The van der Waals surface area contributed by atoms with Crippen molar-refractivity contribution in [3.8, 4) is 0 Å². The van der Waals surface area contributed by atoms with Crippen LogP contribution < -0.4 is 10.6 Å². The van der Waals surface area contributed by atoms with Crippen molar-refractivity contribution in [2.75, 3.05) is 13.1 Å². The smallest absolute Gasteiger partial charge is 0.314 e. The Hall–Kier alpha value is -2.41. The number of aliphatic hydroxyl groups excluding tert-OH is 1. The zero-order valence-electron chi connectivity index (χ0n) is 13.9. The molecule has 6 nitrogen and oxygen atoms in total. The summed E-state index contributed by atoms with van der Waals surface area (Å²) in [6, 6.07) is 5.20. The number of hydrogen-bond donors (Lipinski definition) is 3. The fourth-order valence-corrected chi connectivity index (χ4v) is 2.32. The van der Waals surface area contributed by atoms with Gasteiger partial charge in [0.25, 0.3) is 0 Å². The quantitative estimate of drug-likeness (QED) is 0.724. The number of nitrogens with one attached hydrogen (secondary N) is 2. The van der Waals surface area contributed by atoms with Crippen LogP contribution in [0.2, 0.25) is 0 Å². The summed E-state index contributed by atoms with van der Waals surface area (Å²) in [5, 5.41) is 15.3. The molecule has 2 atom stereocenters. The van der Waals surface area contributed by atoms with Crippen molar-refractivity contribution >= 4 is 6.03 Å². The Bertz CT molecular complexity index is 657. The van der Waals surface area contributed by atoms with Crippen LogP contribution in [-0.2, 0) is 6.54 Å². The molecule has 0 bridgehead atoms. The van der Waals surface area contributed by atoms with E-state index in [1.165, 1.54) is 24.3 Å². The van der Waals surface area contributed by atoms with Crippen molar-refractivity contribution in [1.82, 2.24) is 20.2 Å². The van der Waals surface area contributed by atoms with E-state index in [9.17, 15) is 14.3 Å². The van der Waals surface area contributed by atoms with Crippen LogP contribution in [0.1, 0.15) is 24.4 Å². The van der Waals surface area contributed by atoms with Gasteiger partial charge in [0.15, 0.2) is 0 Å². The van der Waals surface area contributed by atoms with E-state index in [4.69, 9.17) is 0 Å². The monoisotopic (exact) mass is 334 g/mol. The molecule has 1 aromatic carbocycles. The topological polar surface area (TPSA) is 79.2 Å². The number of aliphatic hydroxyl groups is 1. The van der Waals surface area contributed by atoms with E-state index in [0.29, 0.717) is 12.1 Å². The molecule has 1 aromatic heterocycles. The molecule has 24 heavy (non-hydrogen) atoms. The Labute approximate surface area is 140 Å². The maximum atomic E-state index is 12.8. The number of carbonyl (C=O) groups excluding carboxylic acids is 1. The predicted octanol–water partition coefficient (Wildman–Crippen LogP) is 2.00. The van der Waals surface area contributed by atoms with E-state index in [2.05, 4.69) is 15.6 Å². The number of imidazole rings is 1. The number of carbonyl (C=O) groups is 1. The van der Waals surface area contributed by atoms with Gasteiger partial charge in [0.1, 0.15) is 11.6 Å². The molecule has 2 amide bonds. The van der Waals surface area contributed by atoms with Crippen molar-refractivity contribution in [3.63, 3.8) is 0 Å². The third-order valence-corrected chi connectivity index (χ3v) is 3.75. The van der Waals surface area contributed by atoms with Crippen LogP contribution in [-0.4, -0.2) is 33.8 Å². The van der Waals surface area contributed by atoms with Gasteiger partial charge in [0.2, 0.25) is 0 Å². The summed E-state index contributed by atoms with van der Waals surface area (Å²) in [5.74, 6) is 0.818. The van der Waals surface area contributed by atoms with Gasteiger partial charge in [-0.2, -0.15) is 0 Å². The number of nitrogens with zero attached hydrogens (tertiary/aromatic N) is 2. The van der Waals surface area contributed by atoms with Gasteiger partial charge >= 0.3 is 6.03 Å². The van der Waals surface area contributed by atoms with E-state index in [1.54, 1.807) is 6.20 Å². The first-order valence-electron chi connectivity index (χ1n) is 7.88. The minimum Gasteiger partial charge on any atom is -0.387 e. The van der Waals surface area contributed by atoms with E-state index in [0.717, 1.165) is 12.4 Å². The summed E-state index contributed by atoms with van der Waals surface area (Å²) in [5.41, 5.74) is 0.556. The lowest BCUT2D eigenvalue weighted by atomic mass is 10.1. The largest absolute Gasteiger partial charge is 0.387 e. The van der Waals surface area contributed by atoms with Gasteiger partial charge in [-0.25, -0.2) is 14.2 Å². The Kier molecular flexibility index (Phi) is 6.31. The van der Waals surface area contributed by atoms with Gasteiger partial charge in [-0.05, 0) is 30.5 Å². The second kappa shape index (κ2) is 8.44.